The van der Waals surface area contributed by atoms with Crippen LogP contribution in [0.4, 0.5) is 5.82 Å². The number of nitrogens with one attached hydrogen (secondary N) is 1. The Balaban J connectivity index is 0.705. The monoisotopic (exact) mass is 872 g/mol. The van der Waals surface area contributed by atoms with Crippen molar-refractivity contribution in [2.75, 3.05) is 58.1 Å². The summed E-state index contributed by atoms with van der Waals surface area (Å²) in [6, 6.07) is 24.9. The summed E-state index contributed by atoms with van der Waals surface area (Å²) in [4.78, 5) is 36.3. The average molecular weight is 873 g/mol. The smallest absolute Gasteiger partial charge is 0.163 e. The number of anilines is 1. The van der Waals surface area contributed by atoms with E-state index in [2.05, 4.69) is 51.0 Å². The van der Waals surface area contributed by atoms with Crippen LogP contribution in [-0.2, 0) is 43.1 Å². The summed E-state index contributed by atoms with van der Waals surface area (Å²) in [6.45, 7) is 10.00. The van der Waals surface area contributed by atoms with Crippen LogP contribution in [0.25, 0.3) is 16.1 Å². The van der Waals surface area contributed by atoms with Gasteiger partial charge in [0.15, 0.2) is 5.82 Å². The standard InChI is InChI=1S/C48H49ClN6O6S/c1-30-31(2)62-48-45(30)46(34-8-11-39(49)12-9-34)52-43(47-54-53-32(3)55(47)48)28-40(56)24-33-4-13-42(14-5-33)61-23-22-60-21-20-59-19-18-58-17-16-50-44-15-10-37(29-51-44)35-6-7-36-26-41(57)27-38(36)25-35/h4-15,25,29,43H,16-24,26-28H2,1-3H3,(H,50,51)/t43-/m0/s1. The van der Waals surface area contributed by atoms with Crippen molar-refractivity contribution in [3.05, 3.63) is 140 Å². The molecule has 1 aliphatic carbocycles. The fourth-order valence-corrected chi connectivity index (χ4v) is 9.00. The van der Waals surface area contributed by atoms with E-state index in [0.29, 0.717) is 82.2 Å². The molecule has 1 aliphatic heterocycles. The first-order chi connectivity index (χ1) is 30.2. The lowest BCUT2D eigenvalue weighted by Gasteiger charge is -2.13. The number of aliphatic imine (C=N–C) groups is 1. The number of halogens is 1. The van der Waals surface area contributed by atoms with Crippen molar-refractivity contribution in [2.45, 2.75) is 52.5 Å². The van der Waals surface area contributed by atoms with Crippen LogP contribution in [-0.4, -0.2) is 89.8 Å². The molecule has 320 valence electrons. The topological polar surface area (TPSA) is 139 Å². The highest BCUT2D eigenvalue weighted by Gasteiger charge is 2.32. The lowest BCUT2D eigenvalue weighted by atomic mass is 9.99. The summed E-state index contributed by atoms with van der Waals surface area (Å²) >= 11 is 7.94. The molecule has 4 heterocycles. The van der Waals surface area contributed by atoms with Crippen molar-refractivity contribution >= 4 is 46.0 Å². The Morgan fingerprint density at radius 2 is 1.50 bits per heavy atom. The first-order valence-electron chi connectivity index (χ1n) is 20.9. The predicted octanol–water partition coefficient (Wildman–Crippen LogP) is 8.27. The minimum Gasteiger partial charge on any atom is -0.491 e. The second-order valence-electron chi connectivity index (χ2n) is 15.4. The average Bonchev–Trinajstić information content (AvgIpc) is 3.91. The number of ether oxygens (including phenoxy) is 4. The Kier molecular flexibility index (Phi) is 14.0. The van der Waals surface area contributed by atoms with Crippen molar-refractivity contribution in [2.24, 2.45) is 4.99 Å². The van der Waals surface area contributed by atoms with E-state index in [1.54, 1.807) is 11.3 Å². The molecular formula is C48H49ClN6O6S. The first kappa shape index (κ1) is 43.1. The van der Waals surface area contributed by atoms with E-state index in [0.717, 1.165) is 66.9 Å². The van der Waals surface area contributed by atoms with E-state index < -0.39 is 6.04 Å². The highest BCUT2D eigenvalue weighted by atomic mass is 35.5. The number of nitrogens with zero attached hydrogens (tertiary/aromatic N) is 5. The van der Waals surface area contributed by atoms with Crippen molar-refractivity contribution < 1.29 is 28.5 Å². The normalized spacial score (nSPS) is 14.2. The summed E-state index contributed by atoms with van der Waals surface area (Å²) in [6.07, 6.45) is 3.36. The van der Waals surface area contributed by atoms with Crippen LogP contribution in [0.2, 0.25) is 5.02 Å². The number of pyridine rings is 1. The molecule has 14 heteroatoms. The molecule has 0 radical (unpaired) electrons. The summed E-state index contributed by atoms with van der Waals surface area (Å²) in [7, 11) is 0. The molecule has 2 aliphatic rings. The largest absolute Gasteiger partial charge is 0.491 e. The van der Waals surface area contributed by atoms with Crippen molar-refractivity contribution in [3.63, 3.8) is 0 Å². The molecule has 3 aromatic carbocycles. The highest BCUT2D eigenvalue weighted by molar-refractivity contribution is 7.15. The van der Waals surface area contributed by atoms with Gasteiger partial charge in [0.2, 0.25) is 0 Å². The second-order valence-corrected chi connectivity index (χ2v) is 17.0. The Morgan fingerprint density at radius 3 is 2.24 bits per heavy atom. The number of benzene rings is 3. The van der Waals surface area contributed by atoms with Crippen LogP contribution in [0.5, 0.6) is 5.75 Å². The number of carbonyl (C=O) groups is 2. The molecule has 8 rings (SSSR count). The molecule has 1 N–H and O–H groups in total. The number of Topliss-reactive ketones (excluding diaryl/α,β-unsaturated/α-hetero) is 2. The fraction of sp³-hybridized carbons (Fsp3) is 0.333. The third-order valence-corrected chi connectivity index (χ3v) is 12.4. The molecular weight excluding hydrogens is 824 g/mol. The number of rotatable bonds is 20. The maximum Gasteiger partial charge on any atom is 0.163 e. The van der Waals surface area contributed by atoms with Gasteiger partial charge in [0, 0.05) is 65.0 Å². The van der Waals surface area contributed by atoms with Gasteiger partial charge >= 0.3 is 0 Å². The fourth-order valence-electron chi connectivity index (χ4n) is 7.66. The molecule has 0 saturated carbocycles. The van der Waals surface area contributed by atoms with E-state index >= 15 is 0 Å². The molecule has 0 amide bonds. The molecule has 12 nitrogen and oxygen atoms in total. The van der Waals surface area contributed by atoms with Gasteiger partial charge in [-0.1, -0.05) is 54.1 Å². The van der Waals surface area contributed by atoms with Crippen molar-refractivity contribution in [1.29, 1.82) is 0 Å². The molecule has 0 fully saturated rings. The number of hydrogen-bond donors (Lipinski definition) is 1. The van der Waals surface area contributed by atoms with E-state index in [4.69, 9.17) is 35.5 Å². The first-order valence-corrected chi connectivity index (χ1v) is 22.1. The molecule has 0 spiro atoms. The number of hydrogen-bond acceptors (Lipinski definition) is 12. The number of aryl methyl sites for hydroxylation is 2. The summed E-state index contributed by atoms with van der Waals surface area (Å²) in [5.74, 6) is 3.24. The highest BCUT2D eigenvalue weighted by Crippen LogP contribution is 2.40. The predicted molar refractivity (Wildman–Crippen MR) is 242 cm³/mol. The van der Waals surface area contributed by atoms with Crippen LogP contribution in [0.3, 0.4) is 0 Å². The minimum atomic E-state index is -0.505. The molecule has 3 aromatic heterocycles. The van der Waals surface area contributed by atoms with E-state index in [1.165, 1.54) is 4.88 Å². The third-order valence-electron chi connectivity index (χ3n) is 11.0. The zero-order valence-electron chi connectivity index (χ0n) is 35.1. The number of thiophene rings is 1. The number of fused-ring (bicyclic) bond motifs is 4. The summed E-state index contributed by atoms with van der Waals surface area (Å²) in [5.41, 5.74) is 9.19. The number of ketones is 2. The number of aromatic nitrogens is 4. The Bertz CT molecular complexity index is 2550. The molecule has 6 aromatic rings. The SMILES string of the molecule is Cc1sc2c(c1C)C(c1ccc(Cl)cc1)=N[C@@H](CC(=O)Cc1ccc(OCCOCCOCCOCCNc3ccc(-c4ccc5c(c4)CC(=O)C5)cn3)cc1)c1nnc(C)n1-2. The summed E-state index contributed by atoms with van der Waals surface area (Å²) in [5, 5.41) is 13.9. The van der Waals surface area contributed by atoms with E-state index in [1.807, 2.05) is 79.9 Å². The van der Waals surface area contributed by atoms with Gasteiger partial charge in [-0.25, -0.2) is 4.98 Å². The van der Waals surface area contributed by atoms with Gasteiger partial charge in [-0.3, -0.25) is 19.1 Å². The zero-order valence-corrected chi connectivity index (χ0v) is 36.7. The van der Waals surface area contributed by atoms with Crippen molar-refractivity contribution in [1.82, 2.24) is 19.7 Å². The van der Waals surface area contributed by atoms with Crippen LogP contribution >= 0.6 is 22.9 Å². The van der Waals surface area contributed by atoms with Crippen LogP contribution < -0.4 is 10.1 Å². The number of carbonyl (C=O) groups excluding carboxylic acids is 2. The molecule has 0 unspecified atom stereocenters. The van der Waals surface area contributed by atoms with Crippen LogP contribution in [0.15, 0.2) is 90.1 Å². The zero-order chi connectivity index (χ0) is 43.0. The van der Waals surface area contributed by atoms with Gasteiger partial charge in [0.25, 0.3) is 0 Å². The Labute approximate surface area is 370 Å². The third kappa shape index (κ3) is 10.4. The van der Waals surface area contributed by atoms with Crippen LogP contribution in [0, 0.1) is 20.8 Å². The van der Waals surface area contributed by atoms with Gasteiger partial charge < -0.3 is 24.3 Å². The molecule has 62 heavy (non-hydrogen) atoms. The van der Waals surface area contributed by atoms with Gasteiger partial charge in [-0.05, 0) is 85.0 Å². The quantitative estimate of drug-likeness (QED) is 0.0746. The van der Waals surface area contributed by atoms with Crippen LogP contribution in [0.1, 0.15) is 62.4 Å². The van der Waals surface area contributed by atoms with Gasteiger partial charge in [0.1, 0.15) is 46.6 Å². The Morgan fingerprint density at radius 1 is 0.806 bits per heavy atom. The van der Waals surface area contributed by atoms with Gasteiger partial charge in [0.05, 0.1) is 45.4 Å². The second kappa shape index (κ2) is 20.1. The maximum atomic E-state index is 13.6. The summed E-state index contributed by atoms with van der Waals surface area (Å²) < 4.78 is 24.9. The lowest BCUT2D eigenvalue weighted by molar-refractivity contribution is -0.119. The molecule has 0 saturated heterocycles. The van der Waals surface area contributed by atoms with E-state index in [-0.39, 0.29) is 24.4 Å². The molecule has 1 atom stereocenters. The lowest BCUT2D eigenvalue weighted by Crippen LogP contribution is -2.15. The van der Waals surface area contributed by atoms with Gasteiger partial charge in [-0.2, -0.15) is 0 Å². The maximum absolute atomic E-state index is 13.6. The van der Waals surface area contributed by atoms with Crippen molar-refractivity contribution in [3.8, 4) is 21.9 Å². The van der Waals surface area contributed by atoms with Gasteiger partial charge in [-0.15, -0.1) is 21.5 Å². The minimum absolute atomic E-state index is 0.0515. The molecule has 0 bridgehead atoms. The Hall–Kier alpha value is -5.57. The van der Waals surface area contributed by atoms with E-state index in [9.17, 15) is 9.59 Å².